The lowest BCUT2D eigenvalue weighted by molar-refractivity contribution is 0.167. The number of nitrogens with zero attached hydrogens (tertiary/aromatic N) is 2. The van der Waals surface area contributed by atoms with E-state index >= 15 is 0 Å². The first kappa shape index (κ1) is 20.0. The summed E-state index contributed by atoms with van der Waals surface area (Å²) >= 11 is 0. The van der Waals surface area contributed by atoms with Gasteiger partial charge in [0.05, 0.1) is 0 Å². The van der Waals surface area contributed by atoms with E-state index in [0.29, 0.717) is 18.1 Å². The Morgan fingerprint density at radius 3 is 2.41 bits per heavy atom. The number of halogens is 1. The van der Waals surface area contributed by atoms with Crippen LogP contribution in [-0.4, -0.2) is 48.6 Å². The predicted octanol–water partition coefficient (Wildman–Crippen LogP) is 3.22. The number of hydrogen-bond acceptors (Lipinski definition) is 2. The Bertz CT molecular complexity index is 338. The summed E-state index contributed by atoms with van der Waals surface area (Å²) in [5.74, 6) is 1.92. The fraction of sp³-hybridized carbons (Fsp3) is 0.941. The highest BCUT2D eigenvalue weighted by Crippen LogP contribution is 2.34. The van der Waals surface area contributed by atoms with Crippen LogP contribution in [0.5, 0.6) is 0 Å². The third-order valence-electron chi connectivity index (χ3n) is 4.82. The number of hydrogen-bond donors (Lipinski definition) is 2. The zero-order valence-electron chi connectivity index (χ0n) is 14.8. The second-order valence-electron chi connectivity index (χ2n) is 6.91. The maximum atomic E-state index is 4.63. The molecule has 2 N–H and O–H groups in total. The SMILES string of the molecule is CCCC1CC1NC(=NCC)NC1CCN(C(C)C)CC1.I. The van der Waals surface area contributed by atoms with E-state index in [9.17, 15) is 0 Å². The van der Waals surface area contributed by atoms with Crippen molar-refractivity contribution in [1.29, 1.82) is 0 Å². The molecule has 5 heteroatoms. The van der Waals surface area contributed by atoms with Crippen LogP contribution in [-0.2, 0) is 0 Å². The summed E-state index contributed by atoms with van der Waals surface area (Å²) < 4.78 is 0. The Morgan fingerprint density at radius 1 is 1.18 bits per heavy atom. The van der Waals surface area contributed by atoms with Crippen LogP contribution in [0.4, 0.5) is 0 Å². The lowest BCUT2D eigenvalue weighted by Crippen LogP contribution is -2.50. The van der Waals surface area contributed by atoms with Gasteiger partial charge >= 0.3 is 0 Å². The number of rotatable bonds is 6. The third-order valence-corrected chi connectivity index (χ3v) is 4.82. The highest BCUT2D eigenvalue weighted by atomic mass is 127. The van der Waals surface area contributed by atoms with Gasteiger partial charge in [0.2, 0.25) is 0 Å². The predicted molar refractivity (Wildman–Crippen MR) is 106 cm³/mol. The van der Waals surface area contributed by atoms with Crippen molar-refractivity contribution in [2.75, 3.05) is 19.6 Å². The van der Waals surface area contributed by atoms with Gasteiger partial charge in [-0.25, -0.2) is 0 Å². The van der Waals surface area contributed by atoms with Crippen molar-refractivity contribution in [3.8, 4) is 0 Å². The first-order valence-corrected chi connectivity index (χ1v) is 8.95. The van der Waals surface area contributed by atoms with Crippen molar-refractivity contribution in [2.24, 2.45) is 10.9 Å². The largest absolute Gasteiger partial charge is 0.354 e. The van der Waals surface area contributed by atoms with Gasteiger partial charge in [0.1, 0.15) is 0 Å². The van der Waals surface area contributed by atoms with E-state index in [2.05, 4.69) is 48.2 Å². The van der Waals surface area contributed by atoms with Crippen molar-refractivity contribution >= 4 is 29.9 Å². The first-order chi connectivity index (χ1) is 10.1. The summed E-state index contributed by atoms with van der Waals surface area (Å²) in [5.41, 5.74) is 0. The molecule has 0 spiro atoms. The minimum absolute atomic E-state index is 0. The molecule has 0 radical (unpaired) electrons. The van der Waals surface area contributed by atoms with Crippen LogP contribution < -0.4 is 10.6 Å². The summed E-state index contributed by atoms with van der Waals surface area (Å²) in [5, 5.41) is 7.30. The molecule has 0 amide bonds. The van der Waals surface area contributed by atoms with Crippen LogP contribution in [0.2, 0.25) is 0 Å². The first-order valence-electron chi connectivity index (χ1n) is 8.95. The van der Waals surface area contributed by atoms with Gasteiger partial charge < -0.3 is 15.5 Å². The molecule has 1 saturated heterocycles. The van der Waals surface area contributed by atoms with Gasteiger partial charge in [-0.05, 0) is 52.4 Å². The van der Waals surface area contributed by atoms with Crippen molar-refractivity contribution in [3.05, 3.63) is 0 Å². The van der Waals surface area contributed by atoms with Crippen molar-refractivity contribution in [2.45, 2.75) is 77.9 Å². The van der Waals surface area contributed by atoms with Crippen LogP contribution in [0.15, 0.2) is 4.99 Å². The number of likely N-dealkylation sites (tertiary alicyclic amines) is 1. The molecule has 0 aromatic rings. The highest BCUT2D eigenvalue weighted by Gasteiger charge is 2.36. The molecule has 22 heavy (non-hydrogen) atoms. The maximum Gasteiger partial charge on any atom is 0.191 e. The molecule has 2 unspecified atom stereocenters. The Labute approximate surface area is 153 Å². The molecular weight excluding hydrogens is 387 g/mol. The smallest absolute Gasteiger partial charge is 0.191 e. The molecule has 1 saturated carbocycles. The second-order valence-corrected chi connectivity index (χ2v) is 6.91. The van der Waals surface area contributed by atoms with Crippen LogP contribution in [0.25, 0.3) is 0 Å². The summed E-state index contributed by atoms with van der Waals surface area (Å²) in [6.07, 6.45) is 6.43. The Morgan fingerprint density at radius 2 is 1.86 bits per heavy atom. The Kier molecular flexibility index (Phi) is 9.05. The topological polar surface area (TPSA) is 39.7 Å². The minimum atomic E-state index is 0. The van der Waals surface area contributed by atoms with Gasteiger partial charge in [-0.15, -0.1) is 24.0 Å². The lowest BCUT2D eigenvalue weighted by Gasteiger charge is -2.35. The van der Waals surface area contributed by atoms with E-state index < -0.39 is 0 Å². The van der Waals surface area contributed by atoms with Gasteiger partial charge in [-0.1, -0.05) is 13.3 Å². The average molecular weight is 422 g/mol. The van der Waals surface area contributed by atoms with E-state index in [1.54, 1.807) is 0 Å². The van der Waals surface area contributed by atoms with Gasteiger partial charge in [0.15, 0.2) is 5.96 Å². The molecule has 2 atom stereocenters. The molecule has 0 aromatic carbocycles. The fourth-order valence-corrected chi connectivity index (χ4v) is 3.33. The molecule has 2 rings (SSSR count). The molecule has 0 bridgehead atoms. The number of aliphatic imine (C=N–C) groups is 1. The quantitative estimate of drug-likeness (QED) is 0.392. The van der Waals surface area contributed by atoms with Crippen LogP contribution in [0.1, 0.15) is 59.8 Å². The summed E-state index contributed by atoms with van der Waals surface area (Å²) in [7, 11) is 0. The van der Waals surface area contributed by atoms with Gasteiger partial charge in [-0.2, -0.15) is 0 Å². The van der Waals surface area contributed by atoms with Crippen LogP contribution >= 0.6 is 24.0 Å². The molecule has 130 valence electrons. The normalized spacial score (nSPS) is 26.7. The molecule has 2 fully saturated rings. The van der Waals surface area contributed by atoms with E-state index in [0.717, 1.165) is 18.4 Å². The number of piperidine rings is 1. The second kappa shape index (κ2) is 9.96. The number of nitrogens with one attached hydrogen (secondary N) is 2. The Balaban J connectivity index is 0.00000242. The molecule has 4 nitrogen and oxygen atoms in total. The van der Waals surface area contributed by atoms with Crippen LogP contribution in [0, 0.1) is 5.92 Å². The van der Waals surface area contributed by atoms with Crippen molar-refractivity contribution < 1.29 is 0 Å². The molecule has 1 aliphatic carbocycles. The van der Waals surface area contributed by atoms with Crippen LogP contribution in [0.3, 0.4) is 0 Å². The van der Waals surface area contributed by atoms with Crippen molar-refractivity contribution in [3.63, 3.8) is 0 Å². The highest BCUT2D eigenvalue weighted by molar-refractivity contribution is 14.0. The van der Waals surface area contributed by atoms with E-state index in [-0.39, 0.29) is 24.0 Å². The van der Waals surface area contributed by atoms with E-state index in [4.69, 9.17) is 0 Å². The molecular formula is C17H35IN4. The summed E-state index contributed by atoms with van der Waals surface area (Å²) in [4.78, 5) is 7.20. The van der Waals surface area contributed by atoms with Crippen molar-refractivity contribution in [1.82, 2.24) is 15.5 Å². The zero-order chi connectivity index (χ0) is 15.2. The standard InChI is InChI=1S/C17H34N4.HI/c1-5-7-14-12-16(14)20-17(18-6-2)19-15-8-10-21(11-9-15)13(3)4;/h13-16H,5-12H2,1-4H3,(H2,18,19,20);1H. The van der Waals surface area contributed by atoms with Gasteiger partial charge in [0, 0.05) is 37.8 Å². The molecule has 1 aliphatic heterocycles. The minimum Gasteiger partial charge on any atom is -0.354 e. The van der Waals surface area contributed by atoms with E-state index in [1.165, 1.54) is 45.2 Å². The lowest BCUT2D eigenvalue weighted by atomic mass is 10.0. The summed E-state index contributed by atoms with van der Waals surface area (Å²) in [6, 6.07) is 1.92. The van der Waals surface area contributed by atoms with E-state index in [1.807, 2.05) is 0 Å². The molecule has 2 aliphatic rings. The monoisotopic (exact) mass is 422 g/mol. The average Bonchev–Trinajstić information content (AvgIpc) is 3.18. The third kappa shape index (κ3) is 6.22. The van der Waals surface area contributed by atoms with Gasteiger partial charge in [0.25, 0.3) is 0 Å². The number of guanidine groups is 1. The Hall–Kier alpha value is -0.0400. The van der Waals surface area contributed by atoms with Gasteiger partial charge in [-0.3, -0.25) is 4.99 Å². The maximum absolute atomic E-state index is 4.63. The summed E-state index contributed by atoms with van der Waals surface area (Å²) in [6.45, 7) is 12.2. The fourth-order valence-electron chi connectivity index (χ4n) is 3.33. The molecule has 1 heterocycles. The molecule has 0 aromatic heterocycles. The zero-order valence-corrected chi connectivity index (χ0v) is 17.1.